The molecule has 142 valence electrons. The first-order valence-corrected chi connectivity index (χ1v) is 9.44. The number of hydrogen-bond donors (Lipinski definition) is 2. The number of amides is 2. The second kappa shape index (κ2) is 8.17. The summed E-state index contributed by atoms with van der Waals surface area (Å²) in [5, 5.41) is 8.29. The van der Waals surface area contributed by atoms with Crippen LogP contribution in [0.15, 0.2) is 91.0 Å². The molecule has 2 N–H and O–H groups in total. The quantitative estimate of drug-likeness (QED) is 0.441. The smallest absolute Gasteiger partial charge is 0.255 e. The second-order valence-electron chi connectivity index (χ2n) is 6.52. The molecule has 4 nitrogen and oxygen atoms in total. The standard InChI is InChI=1S/C24H17ClN2O2/c25-19-8-3-7-18(15-19)24(29)26-20-13-11-17(12-14-20)23(28)27-22-10-4-6-16-5-1-2-9-21(16)22/h1-15H,(H,26,29)(H,27,28). The Hall–Kier alpha value is -3.63. The van der Waals surface area contributed by atoms with Gasteiger partial charge in [-0.3, -0.25) is 9.59 Å². The summed E-state index contributed by atoms with van der Waals surface area (Å²) in [6, 6.07) is 27.1. The van der Waals surface area contributed by atoms with Crippen molar-refractivity contribution in [1.29, 1.82) is 0 Å². The maximum Gasteiger partial charge on any atom is 0.255 e. The monoisotopic (exact) mass is 400 g/mol. The minimum atomic E-state index is -0.263. The van der Waals surface area contributed by atoms with Gasteiger partial charge < -0.3 is 10.6 Å². The van der Waals surface area contributed by atoms with E-state index in [1.807, 2.05) is 42.5 Å². The molecule has 4 rings (SSSR count). The summed E-state index contributed by atoms with van der Waals surface area (Å²) in [5.74, 6) is -0.477. The van der Waals surface area contributed by atoms with Gasteiger partial charge in [0.15, 0.2) is 0 Å². The molecule has 0 fully saturated rings. The Bertz CT molecular complexity index is 1200. The summed E-state index contributed by atoms with van der Waals surface area (Å²) < 4.78 is 0. The van der Waals surface area contributed by atoms with Gasteiger partial charge in [-0.2, -0.15) is 0 Å². The first-order chi connectivity index (χ1) is 14.1. The third kappa shape index (κ3) is 4.28. The predicted octanol–water partition coefficient (Wildman–Crippen LogP) is 6.00. The minimum Gasteiger partial charge on any atom is -0.322 e. The number of carbonyl (C=O) groups excluding carboxylic acids is 2. The Kier molecular flexibility index (Phi) is 5.27. The Labute approximate surface area is 173 Å². The maximum absolute atomic E-state index is 12.6. The summed E-state index contributed by atoms with van der Waals surface area (Å²) in [4.78, 5) is 24.9. The summed E-state index contributed by atoms with van der Waals surface area (Å²) in [6.45, 7) is 0. The number of fused-ring (bicyclic) bond motifs is 1. The molecule has 0 atom stereocenters. The number of halogens is 1. The van der Waals surface area contributed by atoms with Crippen LogP contribution in [0.5, 0.6) is 0 Å². The number of hydrogen-bond acceptors (Lipinski definition) is 2. The largest absolute Gasteiger partial charge is 0.322 e. The zero-order valence-electron chi connectivity index (χ0n) is 15.4. The van der Waals surface area contributed by atoms with E-state index in [0.29, 0.717) is 21.8 Å². The molecule has 0 heterocycles. The van der Waals surface area contributed by atoms with Crippen molar-refractivity contribution < 1.29 is 9.59 Å². The van der Waals surface area contributed by atoms with Gasteiger partial charge in [0.1, 0.15) is 0 Å². The fourth-order valence-electron chi connectivity index (χ4n) is 3.07. The van der Waals surface area contributed by atoms with Gasteiger partial charge in [0.05, 0.1) is 0 Å². The van der Waals surface area contributed by atoms with Gasteiger partial charge in [-0.25, -0.2) is 0 Å². The molecule has 0 saturated carbocycles. The summed E-state index contributed by atoms with van der Waals surface area (Å²) in [5.41, 5.74) is 2.32. The van der Waals surface area contributed by atoms with E-state index in [4.69, 9.17) is 11.6 Å². The highest BCUT2D eigenvalue weighted by Gasteiger charge is 2.10. The molecular formula is C24H17ClN2O2. The Morgan fingerprint density at radius 1 is 0.655 bits per heavy atom. The highest BCUT2D eigenvalue weighted by Crippen LogP contribution is 2.23. The number of rotatable bonds is 4. The van der Waals surface area contributed by atoms with E-state index < -0.39 is 0 Å². The molecule has 2 amide bonds. The molecular weight excluding hydrogens is 384 g/mol. The maximum atomic E-state index is 12.6. The van der Waals surface area contributed by atoms with Gasteiger partial charge >= 0.3 is 0 Å². The highest BCUT2D eigenvalue weighted by atomic mass is 35.5. The van der Waals surface area contributed by atoms with Crippen LogP contribution in [0.4, 0.5) is 11.4 Å². The number of carbonyl (C=O) groups is 2. The van der Waals surface area contributed by atoms with Gasteiger partial charge in [-0.15, -0.1) is 0 Å². The lowest BCUT2D eigenvalue weighted by Crippen LogP contribution is -2.14. The Balaban J connectivity index is 1.47. The van der Waals surface area contributed by atoms with Crippen LogP contribution in [-0.4, -0.2) is 11.8 Å². The fraction of sp³-hybridized carbons (Fsp3) is 0. The molecule has 4 aromatic rings. The van der Waals surface area contributed by atoms with E-state index in [2.05, 4.69) is 10.6 Å². The van der Waals surface area contributed by atoms with E-state index in [0.717, 1.165) is 16.5 Å². The molecule has 0 aromatic heterocycles. The number of benzene rings is 4. The molecule has 0 radical (unpaired) electrons. The third-order valence-electron chi connectivity index (χ3n) is 4.53. The Morgan fingerprint density at radius 3 is 2.14 bits per heavy atom. The van der Waals surface area contributed by atoms with Crippen molar-refractivity contribution in [2.75, 3.05) is 10.6 Å². The SMILES string of the molecule is O=C(Nc1ccc(C(=O)Nc2cccc3ccccc23)cc1)c1cccc(Cl)c1. The van der Waals surface area contributed by atoms with E-state index >= 15 is 0 Å². The highest BCUT2D eigenvalue weighted by molar-refractivity contribution is 6.31. The third-order valence-corrected chi connectivity index (χ3v) is 4.76. The molecule has 0 bridgehead atoms. The summed E-state index contributed by atoms with van der Waals surface area (Å²) in [7, 11) is 0. The normalized spacial score (nSPS) is 10.5. The lowest BCUT2D eigenvalue weighted by molar-refractivity contribution is 0.102. The average molecular weight is 401 g/mol. The van der Waals surface area contributed by atoms with E-state index in [1.54, 1.807) is 48.5 Å². The molecule has 0 unspecified atom stereocenters. The van der Waals surface area contributed by atoms with Crippen molar-refractivity contribution in [2.45, 2.75) is 0 Å². The molecule has 4 aromatic carbocycles. The number of nitrogens with one attached hydrogen (secondary N) is 2. The van der Waals surface area contributed by atoms with Crippen molar-refractivity contribution in [3.8, 4) is 0 Å². The van der Waals surface area contributed by atoms with Crippen molar-refractivity contribution in [3.05, 3.63) is 107 Å². The van der Waals surface area contributed by atoms with Crippen LogP contribution in [-0.2, 0) is 0 Å². The molecule has 5 heteroatoms. The van der Waals surface area contributed by atoms with Crippen LogP contribution in [0.3, 0.4) is 0 Å². The van der Waals surface area contributed by atoms with Gasteiger partial charge in [0, 0.05) is 32.9 Å². The van der Waals surface area contributed by atoms with E-state index in [1.165, 1.54) is 0 Å². The van der Waals surface area contributed by atoms with Gasteiger partial charge in [-0.05, 0) is 53.9 Å². The van der Waals surface area contributed by atoms with Crippen molar-refractivity contribution >= 4 is 45.6 Å². The minimum absolute atomic E-state index is 0.214. The first-order valence-electron chi connectivity index (χ1n) is 9.06. The van der Waals surface area contributed by atoms with Crippen molar-refractivity contribution in [2.24, 2.45) is 0 Å². The lowest BCUT2D eigenvalue weighted by Gasteiger charge is -2.10. The van der Waals surface area contributed by atoms with Crippen LogP contribution in [0.1, 0.15) is 20.7 Å². The van der Waals surface area contributed by atoms with Gasteiger partial charge in [0.2, 0.25) is 0 Å². The van der Waals surface area contributed by atoms with Crippen molar-refractivity contribution in [1.82, 2.24) is 0 Å². The molecule has 0 saturated heterocycles. The molecule has 29 heavy (non-hydrogen) atoms. The van der Waals surface area contributed by atoms with Gasteiger partial charge in [-0.1, -0.05) is 54.1 Å². The number of anilines is 2. The lowest BCUT2D eigenvalue weighted by atomic mass is 10.1. The van der Waals surface area contributed by atoms with E-state index in [-0.39, 0.29) is 11.8 Å². The van der Waals surface area contributed by atoms with Crippen LogP contribution >= 0.6 is 11.6 Å². The molecule has 0 aliphatic heterocycles. The first kappa shape index (κ1) is 18.7. The summed E-state index contributed by atoms with van der Waals surface area (Å²) >= 11 is 5.93. The van der Waals surface area contributed by atoms with E-state index in [9.17, 15) is 9.59 Å². The zero-order valence-corrected chi connectivity index (χ0v) is 16.1. The van der Waals surface area contributed by atoms with Crippen molar-refractivity contribution in [3.63, 3.8) is 0 Å². The predicted molar refractivity (Wildman–Crippen MR) is 118 cm³/mol. The topological polar surface area (TPSA) is 58.2 Å². The van der Waals surface area contributed by atoms with Gasteiger partial charge in [0.25, 0.3) is 11.8 Å². The summed E-state index contributed by atoms with van der Waals surface area (Å²) in [6.07, 6.45) is 0. The molecule has 0 aliphatic carbocycles. The second-order valence-corrected chi connectivity index (χ2v) is 6.96. The zero-order chi connectivity index (χ0) is 20.2. The van der Waals surface area contributed by atoms with Crippen LogP contribution in [0.25, 0.3) is 10.8 Å². The Morgan fingerprint density at radius 2 is 1.34 bits per heavy atom. The van der Waals surface area contributed by atoms with Crippen LogP contribution < -0.4 is 10.6 Å². The average Bonchev–Trinajstić information content (AvgIpc) is 2.74. The van der Waals surface area contributed by atoms with Crippen LogP contribution in [0.2, 0.25) is 5.02 Å². The molecule has 0 spiro atoms. The van der Waals surface area contributed by atoms with Crippen LogP contribution in [0, 0.1) is 0 Å². The molecule has 0 aliphatic rings. The fourth-order valence-corrected chi connectivity index (χ4v) is 3.26.